The summed E-state index contributed by atoms with van der Waals surface area (Å²) in [5, 5.41) is 11.7. The molecule has 1 unspecified atom stereocenters. The molecule has 20 heavy (non-hydrogen) atoms. The minimum absolute atomic E-state index is 0.196. The van der Waals surface area contributed by atoms with Crippen molar-refractivity contribution in [2.75, 3.05) is 0 Å². The minimum atomic E-state index is -1.27. The second kappa shape index (κ2) is 5.20. The fourth-order valence-corrected chi connectivity index (χ4v) is 1.72. The number of esters is 1. The van der Waals surface area contributed by atoms with Gasteiger partial charge in [-0.25, -0.2) is 9.18 Å². The summed E-state index contributed by atoms with van der Waals surface area (Å²) in [5.74, 6) is -0.829. The lowest BCUT2D eigenvalue weighted by Gasteiger charge is -2.26. The zero-order valence-corrected chi connectivity index (χ0v) is 11.1. The van der Waals surface area contributed by atoms with Crippen LogP contribution >= 0.6 is 0 Å². The zero-order valence-electron chi connectivity index (χ0n) is 11.1. The van der Waals surface area contributed by atoms with Crippen LogP contribution in [-0.4, -0.2) is 26.2 Å². The molecule has 2 aromatic rings. The van der Waals surface area contributed by atoms with Crippen molar-refractivity contribution < 1.29 is 13.9 Å². The number of aryl methyl sites for hydroxylation is 1. The Morgan fingerprint density at radius 3 is 2.60 bits per heavy atom. The molecule has 0 aliphatic carbocycles. The van der Waals surface area contributed by atoms with E-state index in [2.05, 4.69) is 22.0 Å². The van der Waals surface area contributed by atoms with Gasteiger partial charge in [0.15, 0.2) is 5.60 Å². The van der Waals surface area contributed by atoms with E-state index in [1.165, 1.54) is 29.1 Å². The molecule has 1 aromatic heterocycles. The smallest absolute Gasteiger partial charge is 0.331 e. The molecule has 0 radical (unpaired) electrons. The Balaban J connectivity index is 2.50. The molecule has 0 aliphatic rings. The summed E-state index contributed by atoms with van der Waals surface area (Å²) in [4.78, 5) is 12.8. The number of ether oxygens (including phenoxy) is 1. The number of tetrazole rings is 1. The maximum absolute atomic E-state index is 13.0. The predicted octanol–water partition coefficient (Wildman–Crippen LogP) is 1.34. The standard InChI is InChI=1S/C13H13FN4O2/c1-4-11(19)20-13(2,12-15-17-18(3)16-12)9-5-7-10(14)8-6-9/h4-8H,1H2,2-3H3. The third-order valence-corrected chi connectivity index (χ3v) is 2.80. The third kappa shape index (κ3) is 2.56. The lowest BCUT2D eigenvalue weighted by Crippen LogP contribution is -2.31. The molecule has 0 aliphatic heterocycles. The fourth-order valence-electron chi connectivity index (χ4n) is 1.72. The highest BCUT2D eigenvalue weighted by Crippen LogP contribution is 2.31. The van der Waals surface area contributed by atoms with E-state index in [1.807, 2.05) is 0 Å². The lowest BCUT2D eigenvalue weighted by atomic mass is 9.95. The monoisotopic (exact) mass is 276 g/mol. The second-order valence-electron chi connectivity index (χ2n) is 4.27. The van der Waals surface area contributed by atoms with Crippen molar-refractivity contribution in [1.82, 2.24) is 20.2 Å². The van der Waals surface area contributed by atoms with Gasteiger partial charge in [0.05, 0.1) is 7.05 Å². The van der Waals surface area contributed by atoms with Gasteiger partial charge < -0.3 is 4.74 Å². The van der Waals surface area contributed by atoms with Crippen molar-refractivity contribution in [2.45, 2.75) is 12.5 Å². The van der Waals surface area contributed by atoms with Gasteiger partial charge in [0.25, 0.3) is 0 Å². The van der Waals surface area contributed by atoms with Crippen LogP contribution in [-0.2, 0) is 22.2 Å². The molecule has 1 atom stereocenters. The van der Waals surface area contributed by atoms with Crippen molar-refractivity contribution in [2.24, 2.45) is 7.05 Å². The first kappa shape index (κ1) is 13.9. The summed E-state index contributed by atoms with van der Waals surface area (Å²) in [5.41, 5.74) is -0.741. The van der Waals surface area contributed by atoms with Crippen molar-refractivity contribution in [1.29, 1.82) is 0 Å². The van der Waals surface area contributed by atoms with Crippen LogP contribution in [0.5, 0.6) is 0 Å². The second-order valence-corrected chi connectivity index (χ2v) is 4.27. The van der Waals surface area contributed by atoms with Crippen LogP contribution in [0.15, 0.2) is 36.9 Å². The van der Waals surface area contributed by atoms with Crippen molar-refractivity contribution in [3.05, 3.63) is 54.1 Å². The van der Waals surface area contributed by atoms with Crippen LogP contribution in [0.2, 0.25) is 0 Å². The third-order valence-electron chi connectivity index (χ3n) is 2.80. The molecule has 104 valence electrons. The first-order valence-corrected chi connectivity index (χ1v) is 5.81. The summed E-state index contributed by atoms with van der Waals surface area (Å²) >= 11 is 0. The summed E-state index contributed by atoms with van der Waals surface area (Å²) < 4.78 is 18.4. The largest absolute Gasteiger partial charge is 0.443 e. The summed E-state index contributed by atoms with van der Waals surface area (Å²) in [6, 6.07) is 5.54. The zero-order chi connectivity index (χ0) is 14.8. The maximum atomic E-state index is 13.0. The highest BCUT2D eigenvalue weighted by atomic mass is 19.1. The molecule has 0 N–H and O–H groups in total. The van der Waals surface area contributed by atoms with E-state index in [1.54, 1.807) is 14.0 Å². The Hall–Kier alpha value is -2.57. The van der Waals surface area contributed by atoms with Gasteiger partial charge in [-0.1, -0.05) is 18.7 Å². The molecular weight excluding hydrogens is 263 g/mol. The van der Waals surface area contributed by atoms with Crippen LogP contribution in [0.25, 0.3) is 0 Å². The number of carbonyl (C=O) groups is 1. The van der Waals surface area contributed by atoms with E-state index in [9.17, 15) is 9.18 Å². The Bertz CT molecular complexity index is 638. The number of aromatic nitrogens is 4. The number of benzene rings is 1. The SMILES string of the molecule is C=CC(=O)OC(C)(c1ccc(F)cc1)c1nnn(C)n1. The molecule has 2 rings (SSSR count). The van der Waals surface area contributed by atoms with Gasteiger partial charge in [0.1, 0.15) is 5.82 Å². The normalized spacial score (nSPS) is 13.6. The van der Waals surface area contributed by atoms with Crippen molar-refractivity contribution in [3.8, 4) is 0 Å². The van der Waals surface area contributed by atoms with E-state index >= 15 is 0 Å². The predicted molar refractivity (Wildman–Crippen MR) is 67.9 cm³/mol. The van der Waals surface area contributed by atoms with E-state index in [-0.39, 0.29) is 5.82 Å². The molecule has 0 amide bonds. The molecule has 1 aromatic carbocycles. The molecule has 0 spiro atoms. The molecule has 7 heteroatoms. The quantitative estimate of drug-likeness (QED) is 0.622. The van der Waals surface area contributed by atoms with Gasteiger partial charge in [-0.15, -0.1) is 10.2 Å². The Morgan fingerprint density at radius 1 is 1.45 bits per heavy atom. The molecule has 0 saturated carbocycles. The van der Waals surface area contributed by atoms with Crippen molar-refractivity contribution in [3.63, 3.8) is 0 Å². The summed E-state index contributed by atoms with van der Waals surface area (Å²) in [6.45, 7) is 4.97. The summed E-state index contributed by atoms with van der Waals surface area (Å²) in [7, 11) is 1.59. The first-order valence-electron chi connectivity index (χ1n) is 5.81. The van der Waals surface area contributed by atoms with E-state index in [0.29, 0.717) is 5.56 Å². The van der Waals surface area contributed by atoms with E-state index in [0.717, 1.165) is 6.08 Å². The first-order chi connectivity index (χ1) is 9.45. The van der Waals surface area contributed by atoms with E-state index in [4.69, 9.17) is 4.74 Å². The Labute approximate surface area is 114 Å². The van der Waals surface area contributed by atoms with Crippen LogP contribution in [0.4, 0.5) is 4.39 Å². The highest BCUT2D eigenvalue weighted by molar-refractivity contribution is 5.81. The van der Waals surface area contributed by atoms with Gasteiger partial charge in [-0.2, -0.15) is 4.80 Å². The number of carbonyl (C=O) groups excluding carboxylic acids is 1. The number of halogens is 1. The van der Waals surface area contributed by atoms with Gasteiger partial charge in [0, 0.05) is 11.6 Å². The average molecular weight is 276 g/mol. The van der Waals surface area contributed by atoms with Crippen LogP contribution < -0.4 is 0 Å². The van der Waals surface area contributed by atoms with Gasteiger partial charge in [0.2, 0.25) is 5.82 Å². The Kier molecular flexibility index (Phi) is 3.60. The maximum Gasteiger partial charge on any atom is 0.331 e. The van der Waals surface area contributed by atoms with E-state index < -0.39 is 17.4 Å². The highest BCUT2D eigenvalue weighted by Gasteiger charge is 2.37. The van der Waals surface area contributed by atoms with Crippen LogP contribution in [0.1, 0.15) is 18.3 Å². The van der Waals surface area contributed by atoms with Crippen LogP contribution in [0, 0.1) is 5.82 Å². The van der Waals surface area contributed by atoms with Crippen LogP contribution in [0.3, 0.4) is 0 Å². The molecule has 1 heterocycles. The average Bonchev–Trinajstić information content (AvgIpc) is 2.86. The number of hydrogen-bond acceptors (Lipinski definition) is 5. The molecule has 0 bridgehead atoms. The van der Waals surface area contributed by atoms with Gasteiger partial charge >= 0.3 is 5.97 Å². The fraction of sp³-hybridized carbons (Fsp3) is 0.231. The number of rotatable bonds is 4. The Morgan fingerprint density at radius 2 is 2.10 bits per heavy atom. The molecule has 6 nitrogen and oxygen atoms in total. The summed E-state index contributed by atoms with van der Waals surface area (Å²) in [6.07, 6.45) is 1.04. The molecule has 0 saturated heterocycles. The number of nitrogens with zero attached hydrogens (tertiary/aromatic N) is 4. The van der Waals surface area contributed by atoms with Gasteiger partial charge in [-0.3, -0.25) is 0 Å². The molecule has 0 fully saturated rings. The topological polar surface area (TPSA) is 69.9 Å². The lowest BCUT2D eigenvalue weighted by molar-refractivity contribution is -0.149. The molecular formula is C13H13FN4O2. The number of hydrogen-bond donors (Lipinski definition) is 0. The minimum Gasteiger partial charge on any atom is -0.443 e. The van der Waals surface area contributed by atoms with Gasteiger partial charge in [-0.05, 0) is 24.3 Å². The van der Waals surface area contributed by atoms with Crippen molar-refractivity contribution >= 4 is 5.97 Å².